The lowest BCUT2D eigenvalue weighted by molar-refractivity contribution is 0.390. The topological polar surface area (TPSA) is 63.4 Å². The Hall–Kier alpha value is -1.05. The fraction of sp³-hybridized carbons (Fsp3) is 0.500. The largest absolute Gasteiger partial charge is 0.329 e. The minimum atomic E-state index is -3.96. The van der Waals surface area contributed by atoms with E-state index >= 15 is 0 Å². The SMILES string of the molecule is Cc1cc(S(=O)(=O)N2CCC[C@@H]2CN)c(F)cc1F. The molecule has 4 nitrogen and oxygen atoms in total. The fourth-order valence-corrected chi connectivity index (χ4v) is 4.15. The first-order valence-electron chi connectivity index (χ1n) is 6.05. The minimum absolute atomic E-state index is 0.100. The van der Waals surface area contributed by atoms with Crippen LogP contribution in [0.4, 0.5) is 8.78 Å². The Bertz CT molecular complexity index is 590. The van der Waals surface area contributed by atoms with Crippen LogP contribution >= 0.6 is 0 Å². The maximum Gasteiger partial charge on any atom is 0.246 e. The van der Waals surface area contributed by atoms with E-state index in [0.29, 0.717) is 25.5 Å². The summed E-state index contributed by atoms with van der Waals surface area (Å²) < 4.78 is 52.9. The van der Waals surface area contributed by atoms with Crippen LogP contribution in [0.25, 0.3) is 0 Å². The molecule has 0 bridgehead atoms. The molecule has 1 aliphatic heterocycles. The number of halogens is 2. The van der Waals surface area contributed by atoms with Crippen LogP contribution in [0, 0.1) is 18.6 Å². The molecule has 1 aromatic rings. The molecule has 0 aliphatic carbocycles. The standard InChI is InChI=1S/C12H16F2N2O2S/c1-8-5-12(11(14)6-10(8)13)19(17,18)16-4-2-3-9(16)7-15/h5-6,9H,2-4,7,15H2,1H3/t9-/m1/s1. The Kier molecular flexibility index (Phi) is 3.89. The van der Waals surface area contributed by atoms with Gasteiger partial charge in [0.05, 0.1) is 0 Å². The van der Waals surface area contributed by atoms with E-state index in [2.05, 4.69) is 0 Å². The van der Waals surface area contributed by atoms with Crippen molar-refractivity contribution < 1.29 is 17.2 Å². The van der Waals surface area contributed by atoms with E-state index in [-0.39, 0.29) is 18.2 Å². The van der Waals surface area contributed by atoms with Crippen LogP contribution in [0.3, 0.4) is 0 Å². The molecule has 2 N–H and O–H groups in total. The van der Waals surface area contributed by atoms with Gasteiger partial charge in [0, 0.05) is 25.2 Å². The van der Waals surface area contributed by atoms with Crippen LogP contribution in [0.15, 0.2) is 17.0 Å². The Morgan fingerprint density at radius 3 is 2.68 bits per heavy atom. The lowest BCUT2D eigenvalue weighted by Gasteiger charge is -2.23. The zero-order valence-corrected chi connectivity index (χ0v) is 11.4. The summed E-state index contributed by atoms with van der Waals surface area (Å²) in [6.45, 7) is 1.92. The van der Waals surface area contributed by atoms with Crippen molar-refractivity contribution in [2.45, 2.75) is 30.7 Å². The summed E-state index contributed by atoms with van der Waals surface area (Å²) >= 11 is 0. The molecule has 0 saturated carbocycles. The molecule has 1 aromatic carbocycles. The van der Waals surface area contributed by atoms with E-state index in [9.17, 15) is 17.2 Å². The summed E-state index contributed by atoms with van der Waals surface area (Å²) in [6, 6.07) is 1.33. The zero-order valence-electron chi connectivity index (χ0n) is 10.6. The van der Waals surface area contributed by atoms with Gasteiger partial charge in [0.2, 0.25) is 10.0 Å². The molecule has 19 heavy (non-hydrogen) atoms. The quantitative estimate of drug-likeness (QED) is 0.915. The molecule has 1 fully saturated rings. The highest BCUT2D eigenvalue weighted by Gasteiger charge is 2.36. The van der Waals surface area contributed by atoms with Crippen molar-refractivity contribution in [1.29, 1.82) is 0 Å². The van der Waals surface area contributed by atoms with Crippen molar-refractivity contribution in [3.63, 3.8) is 0 Å². The van der Waals surface area contributed by atoms with Gasteiger partial charge in [-0.25, -0.2) is 17.2 Å². The van der Waals surface area contributed by atoms with Crippen molar-refractivity contribution in [2.24, 2.45) is 5.73 Å². The molecule has 0 aromatic heterocycles. The zero-order chi connectivity index (χ0) is 14.2. The molecular formula is C12H16F2N2O2S. The second kappa shape index (κ2) is 5.15. The fourth-order valence-electron chi connectivity index (χ4n) is 2.32. The Morgan fingerprint density at radius 1 is 1.37 bits per heavy atom. The van der Waals surface area contributed by atoms with E-state index in [4.69, 9.17) is 5.73 Å². The average molecular weight is 290 g/mol. The molecule has 0 spiro atoms. The maximum absolute atomic E-state index is 13.7. The summed E-state index contributed by atoms with van der Waals surface area (Å²) in [6.07, 6.45) is 1.36. The van der Waals surface area contributed by atoms with Crippen LogP contribution in [0.1, 0.15) is 18.4 Å². The highest BCUT2D eigenvalue weighted by Crippen LogP contribution is 2.28. The average Bonchev–Trinajstić information content (AvgIpc) is 2.82. The van der Waals surface area contributed by atoms with Crippen molar-refractivity contribution in [2.75, 3.05) is 13.1 Å². The highest BCUT2D eigenvalue weighted by atomic mass is 32.2. The smallest absolute Gasteiger partial charge is 0.246 e. The van der Waals surface area contributed by atoms with E-state index in [1.807, 2.05) is 0 Å². The van der Waals surface area contributed by atoms with Gasteiger partial charge in [0.25, 0.3) is 0 Å². The molecule has 1 saturated heterocycles. The number of nitrogens with two attached hydrogens (primary N) is 1. The van der Waals surface area contributed by atoms with Crippen molar-refractivity contribution in [3.05, 3.63) is 29.3 Å². The number of rotatable bonds is 3. The lowest BCUT2D eigenvalue weighted by Crippen LogP contribution is -2.40. The number of hydrogen-bond donors (Lipinski definition) is 1. The van der Waals surface area contributed by atoms with Gasteiger partial charge in [-0.05, 0) is 31.4 Å². The maximum atomic E-state index is 13.7. The molecule has 0 unspecified atom stereocenters. The number of sulfonamides is 1. The van der Waals surface area contributed by atoms with Gasteiger partial charge in [-0.15, -0.1) is 0 Å². The summed E-state index contributed by atoms with van der Waals surface area (Å²) in [5.74, 6) is -1.82. The Morgan fingerprint density at radius 2 is 2.05 bits per heavy atom. The van der Waals surface area contributed by atoms with Gasteiger partial charge in [0.15, 0.2) is 0 Å². The molecule has 1 aliphatic rings. The summed E-state index contributed by atoms with van der Waals surface area (Å²) in [5.41, 5.74) is 5.63. The third-order valence-electron chi connectivity index (χ3n) is 3.39. The van der Waals surface area contributed by atoms with Gasteiger partial charge in [-0.3, -0.25) is 0 Å². The van der Waals surface area contributed by atoms with Crippen LogP contribution in [0.5, 0.6) is 0 Å². The minimum Gasteiger partial charge on any atom is -0.329 e. The molecule has 106 valence electrons. The van der Waals surface area contributed by atoms with Crippen molar-refractivity contribution in [1.82, 2.24) is 4.31 Å². The predicted octanol–water partition coefficient (Wildman–Crippen LogP) is 1.39. The van der Waals surface area contributed by atoms with Crippen LogP contribution in [0.2, 0.25) is 0 Å². The Balaban J connectivity index is 2.48. The normalized spacial score (nSPS) is 20.9. The molecule has 0 amide bonds. The first-order chi connectivity index (χ1) is 8.87. The number of hydrogen-bond acceptors (Lipinski definition) is 3. The van der Waals surface area contributed by atoms with Crippen molar-refractivity contribution >= 4 is 10.0 Å². The third-order valence-corrected chi connectivity index (χ3v) is 5.36. The monoisotopic (exact) mass is 290 g/mol. The summed E-state index contributed by atoms with van der Waals surface area (Å²) in [4.78, 5) is -0.480. The predicted molar refractivity (Wildman–Crippen MR) is 67.1 cm³/mol. The second-order valence-electron chi connectivity index (χ2n) is 4.68. The van der Waals surface area contributed by atoms with E-state index in [1.54, 1.807) is 0 Å². The van der Waals surface area contributed by atoms with Crippen LogP contribution in [-0.2, 0) is 10.0 Å². The number of nitrogens with zero attached hydrogens (tertiary/aromatic N) is 1. The van der Waals surface area contributed by atoms with E-state index < -0.39 is 26.6 Å². The van der Waals surface area contributed by atoms with Gasteiger partial charge in [-0.1, -0.05) is 0 Å². The molecular weight excluding hydrogens is 274 g/mol. The molecule has 1 heterocycles. The van der Waals surface area contributed by atoms with Gasteiger partial charge >= 0.3 is 0 Å². The van der Waals surface area contributed by atoms with Crippen LogP contribution in [-0.4, -0.2) is 31.9 Å². The number of aryl methyl sites for hydroxylation is 1. The number of benzene rings is 1. The van der Waals surface area contributed by atoms with E-state index in [1.165, 1.54) is 11.2 Å². The first-order valence-corrected chi connectivity index (χ1v) is 7.49. The Labute approximate surface area is 111 Å². The molecule has 7 heteroatoms. The van der Waals surface area contributed by atoms with Gasteiger partial charge in [0.1, 0.15) is 16.5 Å². The lowest BCUT2D eigenvalue weighted by atomic mass is 10.2. The van der Waals surface area contributed by atoms with Crippen LogP contribution < -0.4 is 5.73 Å². The summed E-state index contributed by atoms with van der Waals surface area (Å²) in [5, 5.41) is 0. The highest BCUT2D eigenvalue weighted by molar-refractivity contribution is 7.89. The molecule has 2 rings (SSSR count). The third kappa shape index (κ3) is 2.50. The van der Waals surface area contributed by atoms with Gasteiger partial charge in [-0.2, -0.15) is 4.31 Å². The van der Waals surface area contributed by atoms with E-state index in [0.717, 1.165) is 6.07 Å². The molecule has 0 radical (unpaired) electrons. The van der Waals surface area contributed by atoms with Crippen molar-refractivity contribution in [3.8, 4) is 0 Å². The second-order valence-corrected chi connectivity index (χ2v) is 6.54. The summed E-state index contributed by atoms with van der Waals surface area (Å²) in [7, 11) is -3.96. The molecule has 1 atom stereocenters. The first kappa shape index (κ1) is 14.4. The van der Waals surface area contributed by atoms with Gasteiger partial charge < -0.3 is 5.73 Å².